The molecule has 0 atom stereocenters. The lowest BCUT2D eigenvalue weighted by Gasteiger charge is -2.42. The summed E-state index contributed by atoms with van der Waals surface area (Å²) in [6.45, 7) is 2.07. The van der Waals surface area contributed by atoms with Gasteiger partial charge in [-0.3, -0.25) is 9.20 Å². The van der Waals surface area contributed by atoms with E-state index in [1.54, 1.807) is 11.8 Å². The highest BCUT2D eigenvalue weighted by Gasteiger charge is 2.44. The zero-order valence-electron chi connectivity index (χ0n) is 22.3. The van der Waals surface area contributed by atoms with Crippen LogP contribution in [-0.4, -0.2) is 24.9 Å². The van der Waals surface area contributed by atoms with Gasteiger partial charge >= 0.3 is 0 Å². The second-order valence-corrected chi connectivity index (χ2v) is 12.1. The van der Waals surface area contributed by atoms with Gasteiger partial charge in [0, 0.05) is 22.3 Å². The van der Waals surface area contributed by atoms with Crippen LogP contribution >= 0.6 is 11.8 Å². The van der Waals surface area contributed by atoms with E-state index in [2.05, 4.69) is 83.2 Å². The second kappa shape index (κ2) is 9.83. The molecule has 2 aliphatic rings. The van der Waals surface area contributed by atoms with Crippen molar-refractivity contribution in [1.82, 2.24) is 19.2 Å². The lowest BCUT2D eigenvalue weighted by atomic mass is 9.62. The smallest absolute Gasteiger partial charge is 0.263 e. The molecule has 5 aromatic rings. The van der Waals surface area contributed by atoms with Gasteiger partial charge in [-0.2, -0.15) is 0 Å². The third-order valence-electron chi connectivity index (χ3n) is 8.56. The van der Waals surface area contributed by atoms with Crippen LogP contribution in [0.1, 0.15) is 54.4 Å². The molecule has 1 saturated carbocycles. The van der Waals surface area contributed by atoms with E-state index in [0.29, 0.717) is 5.78 Å². The molecule has 0 radical (unpaired) electrons. The van der Waals surface area contributed by atoms with Crippen LogP contribution in [0.25, 0.3) is 22.7 Å². The van der Waals surface area contributed by atoms with E-state index in [0.717, 1.165) is 77.5 Å². The van der Waals surface area contributed by atoms with Crippen molar-refractivity contribution in [1.29, 1.82) is 0 Å². The molecule has 2 heterocycles. The molecule has 196 valence electrons. The fraction of sp³-hybridized carbons (Fsp3) is 0.303. The molecule has 6 heteroatoms. The maximum Gasteiger partial charge on any atom is 0.263 e. The van der Waals surface area contributed by atoms with E-state index < -0.39 is 0 Å². The van der Waals surface area contributed by atoms with Crippen molar-refractivity contribution in [3.63, 3.8) is 0 Å². The minimum atomic E-state index is -0.158. The van der Waals surface area contributed by atoms with Gasteiger partial charge < -0.3 is 0 Å². The van der Waals surface area contributed by atoms with E-state index >= 15 is 0 Å². The Kier molecular flexibility index (Phi) is 6.15. The Bertz CT molecular complexity index is 1730. The Morgan fingerprint density at radius 2 is 1.69 bits per heavy atom. The van der Waals surface area contributed by atoms with Gasteiger partial charge in [-0.15, -0.1) is 10.2 Å². The van der Waals surface area contributed by atoms with Gasteiger partial charge in [0.1, 0.15) is 0 Å². The first kappa shape index (κ1) is 24.4. The number of benzene rings is 3. The van der Waals surface area contributed by atoms with Crippen molar-refractivity contribution in [2.75, 3.05) is 5.75 Å². The summed E-state index contributed by atoms with van der Waals surface area (Å²) in [5.74, 6) is 1.48. The van der Waals surface area contributed by atoms with Gasteiger partial charge in [-0.1, -0.05) is 97.8 Å². The minimum absolute atomic E-state index is 0.0627. The lowest BCUT2D eigenvalue weighted by molar-refractivity contribution is 0.284. The maximum absolute atomic E-state index is 14.7. The van der Waals surface area contributed by atoms with Gasteiger partial charge in [0.15, 0.2) is 5.16 Å². The largest absolute Gasteiger partial charge is 0.268 e. The Morgan fingerprint density at radius 3 is 2.51 bits per heavy atom. The van der Waals surface area contributed by atoms with Gasteiger partial charge in [0.25, 0.3) is 5.56 Å². The molecule has 1 fully saturated rings. The first-order valence-corrected chi connectivity index (χ1v) is 15.0. The zero-order chi connectivity index (χ0) is 26.4. The fourth-order valence-electron chi connectivity index (χ4n) is 6.76. The molecule has 0 saturated heterocycles. The van der Waals surface area contributed by atoms with E-state index in [4.69, 9.17) is 5.10 Å². The first-order valence-electron chi connectivity index (χ1n) is 14.0. The third-order valence-corrected chi connectivity index (χ3v) is 9.49. The van der Waals surface area contributed by atoms with Crippen LogP contribution in [0.4, 0.5) is 0 Å². The monoisotopic (exact) mass is 532 g/mol. The summed E-state index contributed by atoms with van der Waals surface area (Å²) in [7, 11) is 0. The molecule has 0 amide bonds. The standard InChI is InChI=1S/C33H32N4OS/c1-23-11-10-15-26(21-23)36-30(38)28-29(27-16-7-6-14-25(27)22-33(28)18-8-3-9-19-33)37-31(36)34-35-32(37)39-20-17-24-12-4-2-5-13-24/h2,4-7,10-16,21H,3,8-9,17-20,22H2,1H3. The minimum Gasteiger partial charge on any atom is -0.268 e. The van der Waals surface area contributed by atoms with Crippen molar-refractivity contribution in [3.05, 3.63) is 111 Å². The maximum atomic E-state index is 14.7. The van der Waals surface area contributed by atoms with Crippen LogP contribution in [0.2, 0.25) is 0 Å². The van der Waals surface area contributed by atoms with Crippen molar-refractivity contribution >= 4 is 17.5 Å². The Hall–Kier alpha value is -3.64. The fourth-order valence-corrected chi connectivity index (χ4v) is 7.68. The van der Waals surface area contributed by atoms with Crippen molar-refractivity contribution < 1.29 is 0 Å². The van der Waals surface area contributed by atoms with Crippen LogP contribution in [0.15, 0.2) is 88.8 Å². The van der Waals surface area contributed by atoms with E-state index in [1.807, 2.05) is 16.7 Å². The number of fused-ring (bicyclic) bond motifs is 6. The van der Waals surface area contributed by atoms with Crippen LogP contribution in [0, 0.1) is 6.92 Å². The number of hydrogen-bond donors (Lipinski definition) is 0. The highest BCUT2D eigenvalue weighted by Crippen LogP contribution is 2.49. The van der Waals surface area contributed by atoms with Crippen molar-refractivity contribution in [3.8, 4) is 16.9 Å². The van der Waals surface area contributed by atoms with Crippen LogP contribution in [0.5, 0.6) is 0 Å². The van der Waals surface area contributed by atoms with Crippen LogP contribution in [0.3, 0.4) is 0 Å². The number of nitrogens with zero attached hydrogens (tertiary/aromatic N) is 4. The van der Waals surface area contributed by atoms with Crippen molar-refractivity contribution in [2.24, 2.45) is 0 Å². The number of thioether (sulfide) groups is 1. The summed E-state index contributed by atoms with van der Waals surface area (Å²) < 4.78 is 4.02. The van der Waals surface area contributed by atoms with Crippen LogP contribution in [-0.2, 0) is 18.3 Å². The summed E-state index contributed by atoms with van der Waals surface area (Å²) in [6, 6.07) is 27.4. The number of rotatable bonds is 5. The molecule has 7 rings (SSSR count). The molecular weight excluding hydrogens is 500 g/mol. The number of hydrogen-bond acceptors (Lipinski definition) is 4. The molecule has 1 spiro atoms. The Labute approximate surface area is 232 Å². The Balaban J connectivity index is 1.49. The number of aromatic nitrogens is 4. The SMILES string of the molecule is Cc1cccc(-n2c(=O)c3c(n4c(SCCc5ccccc5)nnc24)-c2ccccc2CC32CCCCC2)c1. The van der Waals surface area contributed by atoms with E-state index in [9.17, 15) is 4.79 Å². The molecular formula is C33H32N4OS. The zero-order valence-corrected chi connectivity index (χ0v) is 23.1. The predicted octanol–water partition coefficient (Wildman–Crippen LogP) is 6.95. The Morgan fingerprint density at radius 1 is 0.897 bits per heavy atom. The third kappa shape index (κ3) is 4.13. The van der Waals surface area contributed by atoms with E-state index in [-0.39, 0.29) is 11.0 Å². The molecule has 3 aromatic carbocycles. The number of aryl methyl sites for hydroxylation is 2. The molecule has 5 nitrogen and oxygen atoms in total. The summed E-state index contributed by atoms with van der Waals surface area (Å²) in [5.41, 5.74) is 7.62. The molecule has 39 heavy (non-hydrogen) atoms. The molecule has 0 aliphatic heterocycles. The van der Waals surface area contributed by atoms with Crippen molar-refractivity contribution in [2.45, 2.75) is 62.4 Å². The van der Waals surface area contributed by atoms with Gasteiger partial charge in [-0.05, 0) is 61.4 Å². The average molecular weight is 533 g/mol. The predicted molar refractivity (Wildman–Crippen MR) is 158 cm³/mol. The second-order valence-electron chi connectivity index (χ2n) is 11.1. The van der Waals surface area contributed by atoms with E-state index in [1.165, 1.54) is 17.5 Å². The molecule has 2 aliphatic carbocycles. The highest BCUT2D eigenvalue weighted by molar-refractivity contribution is 7.99. The first-order chi connectivity index (χ1) is 19.1. The van der Waals surface area contributed by atoms with Crippen LogP contribution < -0.4 is 5.56 Å². The molecule has 0 N–H and O–H groups in total. The topological polar surface area (TPSA) is 52.2 Å². The lowest BCUT2D eigenvalue weighted by Crippen LogP contribution is -2.43. The highest BCUT2D eigenvalue weighted by atomic mass is 32.2. The van der Waals surface area contributed by atoms with Gasteiger partial charge in [0.2, 0.25) is 5.78 Å². The summed E-state index contributed by atoms with van der Waals surface area (Å²) in [6.07, 6.45) is 7.50. The average Bonchev–Trinajstić information content (AvgIpc) is 3.37. The molecule has 0 bridgehead atoms. The summed E-state index contributed by atoms with van der Waals surface area (Å²) >= 11 is 1.72. The molecule has 2 aromatic heterocycles. The summed E-state index contributed by atoms with van der Waals surface area (Å²) in [4.78, 5) is 14.7. The summed E-state index contributed by atoms with van der Waals surface area (Å²) in [5, 5.41) is 10.2. The van der Waals surface area contributed by atoms with Gasteiger partial charge in [0.05, 0.1) is 11.4 Å². The normalized spacial score (nSPS) is 15.8. The quantitative estimate of drug-likeness (QED) is 0.230. The van der Waals surface area contributed by atoms with Gasteiger partial charge in [-0.25, -0.2) is 4.57 Å². The molecule has 0 unspecified atom stereocenters.